The van der Waals surface area contributed by atoms with Gasteiger partial charge in [0.2, 0.25) is 0 Å². The summed E-state index contributed by atoms with van der Waals surface area (Å²) in [6.07, 6.45) is -0.168. The number of carbonyl (C=O) groups excluding carboxylic acids is 2. The van der Waals surface area contributed by atoms with Crippen molar-refractivity contribution in [2.24, 2.45) is 0 Å². The van der Waals surface area contributed by atoms with Gasteiger partial charge >= 0.3 is 5.97 Å². The van der Waals surface area contributed by atoms with Crippen molar-refractivity contribution in [1.29, 1.82) is 0 Å². The molecular weight excluding hydrogens is 286 g/mol. The minimum absolute atomic E-state index is 0.0945. The predicted molar refractivity (Wildman–Crippen MR) is 81.0 cm³/mol. The van der Waals surface area contributed by atoms with E-state index in [0.29, 0.717) is 24.3 Å². The third kappa shape index (κ3) is 5.20. The van der Waals surface area contributed by atoms with Gasteiger partial charge in [0.15, 0.2) is 11.9 Å². The third-order valence-corrected chi connectivity index (χ3v) is 3.03. The number of aliphatic carboxylic acids is 1. The van der Waals surface area contributed by atoms with Gasteiger partial charge in [-0.2, -0.15) is 0 Å². The minimum atomic E-state index is -1.06. The Bertz CT molecular complexity index is 555. The van der Waals surface area contributed by atoms with E-state index in [1.54, 1.807) is 31.2 Å². The predicted octanol–water partition coefficient (Wildman–Crippen LogP) is 1.98. The van der Waals surface area contributed by atoms with Crippen molar-refractivity contribution in [1.82, 2.24) is 4.90 Å². The normalized spacial score (nSPS) is 11.6. The lowest BCUT2D eigenvalue weighted by molar-refractivity contribution is -0.147. The number of hydrogen-bond acceptors (Lipinski definition) is 4. The van der Waals surface area contributed by atoms with Crippen molar-refractivity contribution in [3.8, 4) is 5.75 Å². The van der Waals surface area contributed by atoms with Crippen molar-refractivity contribution >= 4 is 17.7 Å². The first-order valence-electron chi connectivity index (χ1n) is 7.13. The van der Waals surface area contributed by atoms with Crippen LogP contribution >= 0.6 is 0 Å². The van der Waals surface area contributed by atoms with Gasteiger partial charge in [-0.1, -0.05) is 19.1 Å². The molecule has 0 spiro atoms. The second kappa shape index (κ2) is 8.17. The van der Waals surface area contributed by atoms with Crippen LogP contribution in [0.25, 0.3) is 0 Å². The lowest BCUT2D eigenvalue weighted by Crippen LogP contribution is -2.43. The Kier molecular flexibility index (Phi) is 6.56. The molecule has 1 atom stereocenters. The average Bonchev–Trinajstić information content (AvgIpc) is 2.45. The van der Waals surface area contributed by atoms with E-state index in [0.717, 1.165) is 0 Å². The van der Waals surface area contributed by atoms with Crippen LogP contribution in [0.1, 0.15) is 37.6 Å². The molecule has 1 aromatic rings. The highest BCUT2D eigenvalue weighted by molar-refractivity contribution is 5.94. The molecule has 0 aromatic heterocycles. The molecule has 0 bridgehead atoms. The molecule has 1 unspecified atom stereocenters. The monoisotopic (exact) mass is 307 g/mol. The standard InChI is InChI=1S/C16H21NO5/c1-4-8-17(10-15(19)20)16(21)12(3)22-14-7-5-6-13(9-14)11(2)18/h5-7,9,12H,4,8,10H2,1-3H3,(H,19,20). The van der Waals surface area contributed by atoms with E-state index in [1.807, 2.05) is 6.92 Å². The highest BCUT2D eigenvalue weighted by Gasteiger charge is 2.23. The molecule has 6 nitrogen and oxygen atoms in total. The van der Waals surface area contributed by atoms with Crippen LogP contribution in [0.4, 0.5) is 0 Å². The van der Waals surface area contributed by atoms with E-state index in [2.05, 4.69) is 0 Å². The Morgan fingerprint density at radius 2 is 2.00 bits per heavy atom. The van der Waals surface area contributed by atoms with Crippen molar-refractivity contribution in [3.05, 3.63) is 29.8 Å². The summed E-state index contributed by atoms with van der Waals surface area (Å²) in [7, 11) is 0. The molecule has 0 saturated carbocycles. The maximum atomic E-state index is 12.3. The molecule has 0 saturated heterocycles. The van der Waals surface area contributed by atoms with E-state index >= 15 is 0 Å². The number of carboxylic acids is 1. The second-order valence-electron chi connectivity index (χ2n) is 5.00. The number of benzene rings is 1. The maximum absolute atomic E-state index is 12.3. The van der Waals surface area contributed by atoms with Crippen molar-refractivity contribution in [2.45, 2.75) is 33.3 Å². The van der Waals surface area contributed by atoms with Gasteiger partial charge in [-0.15, -0.1) is 0 Å². The number of ketones is 1. The molecule has 1 aromatic carbocycles. The number of hydrogen-bond donors (Lipinski definition) is 1. The summed E-state index contributed by atoms with van der Waals surface area (Å²) in [5, 5.41) is 8.86. The van der Waals surface area contributed by atoms with Gasteiger partial charge < -0.3 is 14.7 Å². The highest BCUT2D eigenvalue weighted by atomic mass is 16.5. The van der Waals surface area contributed by atoms with Gasteiger partial charge in [-0.05, 0) is 32.4 Å². The van der Waals surface area contributed by atoms with Crippen LogP contribution in [-0.2, 0) is 9.59 Å². The molecular formula is C16H21NO5. The second-order valence-corrected chi connectivity index (χ2v) is 5.00. The van der Waals surface area contributed by atoms with Crippen molar-refractivity contribution in [2.75, 3.05) is 13.1 Å². The third-order valence-electron chi connectivity index (χ3n) is 3.03. The Morgan fingerprint density at radius 1 is 1.32 bits per heavy atom. The van der Waals surface area contributed by atoms with Crippen LogP contribution < -0.4 is 4.74 Å². The molecule has 22 heavy (non-hydrogen) atoms. The number of Topliss-reactive ketones (excluding diaryl/α,β-unsaturated/α-hetero) is 1. The SMILES string of the molecule is CCCN(CC(=O)O)C(=O)C(C)Oc1cccc(C(C)=O)c1. The zero-order valence-electron chi connectivity index (χ0n) is 13.0. The van der Waals surface area contributed by atoms with Crippen LogP contribution in [0.3, 0.4) is 0 Å². The zero-order chi connectivity index (χ0) is 16.7. The van der Waals surface area contributed by atoms with Crippen LogP contribution in [0.5, 0.6) is 5.75 Å². The van der Waals surface area contributed by atoms with Crippen LogP contribution in [0.2, 0.25) is 0 Å². The Labute approximate surface area is 129 Å². The molecule has 1 rings (SSSR count). The van der Waals surface area contributed by atoms with Crippen molar-refractivity contribution in [3.63, 3.8) is 0 Å². The Balaban J connectivity index is 2.79. The van der Waals surface area contributed by atoms with E-state index in [-0.39, 0.29) is 12.3 Å². The molecule has 0 aliphatic rings. The summed E-state index contributed by atoms with van der Waals surface area (Å²) in [5.41, 5.74) is 0.494. The molecule has 0 radical (unpaired) electrons. The zero-order valence-corrected chi connectivity index (χ0v) is 13.0. The Morgan fingerprint density at radius 3 is 2.55 bits per heavy atom. The van der Waals surface area contributed by atoms with E-state index in [1.165, 1.54) is 11.8 Å². The van der Waals surface area contributed by atoms with E-state index in [4.69, 9.17) is 9.84 Å². The van der Waals surface area contributed by atoms with Gasteiger partial charge in [0.05, 0.1) is 0 Å². The topological polar surface area (TPSA) is 83.9 Å². The van der Waals surface area contributed by atoms with Crippen LogP contribution in [0.15, 0.2) is 24.3 Å². The lowest BCUT2D eigenvalue weighted by atomic mass is 10.1. The van der Waals surface area contributed by atoms with Crippen LogP contribution in [-0.4, -0.2) is 46.9 Å². The highest BCUT2D eigenvalue weighted by Crippen LogP contribution is 2.16. The van der Waals surface area contributed by atoms with Gasteiger partial charge in [0.1, 0.15) is 12.3 Å². The molecule has 0 fully saturated rings. The van der Waals surface area contributed by atoms with E-state index in [9.17, 15) is 14.4 Å². The number of amides is 1. The van der Waals surface area contributed by atoms with Crippen LogP contribution in [0, 0.1) is 0 Å². The summed E-state index contributed by atoms with van der Waals surface area (Å²) in [4.78, 5) is 35.7. The first-order valence-corrected chi connectivity index (χ1v) is 7.13. The smallest absolute Gasteiger partial charge is 0.323 e. The first kappa shape index (κ1) is 17.7. The minimum Gasteiger partial charge on any atom is -0.481 e. The van der Waals surface area contributed by atoms with Gasteiger partial charge in [0, 0.05) is 12.1 Å². The molecule has 0 aliphatic heterocycles. The summed E-state index contributed by atoms with van der Waals surface area (Å²) in [5.74, 6) is -1.15. The quantitative estimate of drug-likeness (QED) is 0.742. The summed E-state index contributed by atoms with van der Waals surface area (Å²) in [6, 6.07) is 6.55. The molecule has 1 N–H and O–H groups in total. The maximum Gasteiger partial charge on any atom is 0.323 e. The molecule has 120 valence electrons. The van der Waals surface area contributed by atoms with Crippen molar-refractivity contribution < 1.29 is 24.2 Å². The molecule has 0 heterocycles. The Hall–Kier alpha value is -2.37. The molecule has 6 heteroatoms. The number of carboxylic acid groups (broad SMARTS) is 1. The largest absolute Gasteiger partial charge is 0.481 e. The number of carbonyl (C=O) groups is 3. The summed E-state index contributed by atoms with van der Waals surface area (Å²) < 4.78 is 5.54. The number of nitrogens with zero attached hydrogens (tertiary/aromatic N) is 1. The number of ether oxygens (including phenoxy) is 1. The molecule has 1 amide bonds. The first-order chi connectivity index (χ1) is 10.3. The van der Waals surface area contributed by atoms with Gasteiger partial charge in [-0.3, -0.25) is 14.4 Å². The lowest BCUT2D eigenvalue weighted by Gasteiger charge is -2.24. The fourth-order valence-electron chi connectivity index (χ4n) is 2.00. The van der Waals surface area contributed by atoms with Gasteiger partial charge in [0.25, 0.3) is 5.91 Å². The van der Waals surface area contributed by atoms with E-state index < -0.39 is 18.0 Å². The average molecular weight is 307 g/mol. The summed E-state index contributed by atoms with van der Waals surface area (Å²) >= 11 is 0. The van der Waals surface area contributed by atoms with Gasteiger partial charge in [-0.25, -0.2) is 0 Å². The summed E-state index contributed by atoms with van der Waals surface area (Å²) in [6.45, 7) is 4.88. The number of rotatable bonds is 8. The fraction of sp³-hybridized carbons (Fsp3) is 0.438. The molecule has 0 aliphatic carbocycles. The fourth-order valence-corrected chi connectivity index (χ4v) is 2.00.